The second kappa shape index (κ2) is 7.21. The van der Waals surface area contributed by atoms with Crippen LogP contribution in [0.1, 0.15) is 17.5 Å². The third-order valence-electron chi connectivity index (χ3n) is 4.37. The maximum atomic E-state index is 12.1. The van der Waals surface area contributed by atoms with Crippen LogP contribution in [-0.2, 0) is 14.6 Å². The Labute approximate surface area is 152 Å². The van der Waals surface area contributed by atoms with Gasteiger partial charge in [0.1, 0.15) is 0 Å². The van der Waals surface area contributed by atoms with E-state index in [0.29, 0.717) is 6.42 Å². The molecule has 1 N–H and O–H groups in total. The minimum absolute atomic E-state index is 0.0422. The molecule has 2 heterocycles. The lowest BCUT2D eigenvalue weighted by Crippen LogP contribution is -2.36. The Hall–Kier alpha value is -1.80. The topological polar surface area (TPSA) is 81.1 Å². The van der Waals surface area contributed by atoms with E-state index in [1.165, 1.54) is 22.9 Å². The molecule has 0 saturated carbocycles. The van der Waals surface area contributed by atoms with Crippen molar-refractivity contribution < 1.29 is 13.2 Å². The number of hydrogen-bond acceptors (Lipinski definition) is 5. The van der Waals surface area contributed by atoms with E-state index in [4.69, 9.17) is 0 Å². The molecule has 1 unspecified atom stereocenters. The molecule has 2 aromatic rings. The quantitative estimate of drug-likeness (QED) is 0.803. The Balaban J connectivity index is 1.64. The zero-order chi connectivity index (χ0) is 18.0. The number of imidazole rings is 1. The second-order valence-electron chi connectivity index (χ2n) is 6.26. The fourth-order valence-electron chi connectivity index (χ4n) is 2.88. The predicted molar refractivity (Wildman–Crippen MR) is 99.0 cm³/mol. The molecule has 8 heteroatoms. The highest BCUT2D eigenvalue weighted by molar-refractivity contribution is 7.99. The molecular weight excluding hydrogens is 358 g/mol. The molecule has 134 valence electrons. The van der Waals surface area contributed by atoms with Crippen molar-refractivity contribution in [2.75, 3.05) is 17.3 Å². The number of nitrogens with one attached hydrogen (secondary N) is 1. The summed E-state index contributed by atoms with van der Waals surface area (Å²) in [7, 11) is -2.99. The second-order valence-corrected chi connectivity index (χ2v) is 9.43. The molecular formula is C17H21N3O3S2. The van der Waals surface area contributed by atoms with E-state index in [1.54, 1.807) is 6.20 Å². The Morgan fingerprint density at radius 1 is 1.40 bits per heavy atom. The summed E-state index contributed by atoms with van der Waals surface area (Å²) < 4.78 is 24.9. The van der Waals surface area contributed by atoms with E-state index < -0.39 is 9.84 Å². The zero-order valence-electron chi connectivity index (χ0n) is 14.2. The first-order valence-electron chi connectivity index (χ1n) is 8.08. The summed E-state index contributed by atoms with van der Waals surface area (Å²) in [6.07, 6.45) is 4.09. The number of aryl methyl sites for hydroxylation is 1. The van der Waals surface area contributed by atoms with Crippen LogP contribution in [0, 0.1) is 13.8 Å². The lowest BCUT2D eigenvalue weighted by Gasteiger charge is -2.13. The van der Waals surface area contributed by atoms with Crippen molar-refractivity contribution in [1.29, 1.82) is 0 Å². The Morgan fingerprint density at radius 3 is 2.92 bits per heavy atom. The van der Waals surface area contributed by atoms with E-state index in [0.717, 1.165) is 10.8 Å². The number of sulfone groups is 1. The molecule has 0 aliphatic carbocycles. The molecule has 1 fully saturated rings. The van der Waals surface area contributed by atoms with Gasteiger partial charge in [-0.05, 0) is 37.5 Å². The van der Waals surface area contributed by atoms with Gasteiger partial charge < -0.3 is 5.32 Å². The number of carbonyl (C=O) groups is 1. The molecule has 3 rings (SSSR count). The van der Waals surface area contributed by atoms with Crippen molar-refractivity contribution in [1.82, 2.24) is 14.9 Å². The number of thioether (sulfide) groups is 1. The smallest absolute Gasteiger partial charge is 0.230 e. The van der Waals surface area contributed by atoms with Crippen LogP contribution in [0.3, 0.4) is 0 Å². The lowest BCUT2D eigenvalue weighted by atomic mass is 10.1. The van der Waals surface area contributed by atoms with E-state index in [-0.39, 0.29) is 29.2 Å². The Kier molecular flexibility index (Phi) is 5.19. The first kappa shape index (κ1) is 18.0. The summed E-state index contributed by atoms with van der Waals surface area (Å²) in [4.78, 5) is 16.5. The molecule has 1 aromatic heterocycles. The van der Waals surface area contributed by atoms with Crippen molar-refractivity contribution in [2.24, 2.45) is 0 Å². The van der Waals surface area contributed by atoms with Gasteiger partial charge in [-0.15, -0.1) is 0 Å². The Bertz CT molecular complexity index is 890. The van der Waals surface area contributed by atoms with E-state index in [1.807, 2.05) is 22.9 Å². The van der Waals surface area contributed by atoms with Crippen LogP contribution in [0.2, 0.25) is 0 Å². The summed E-state index contributed by atoms with van der Waals surface area (Å²) in [6.45, 7) is 4.12. The normalized spacial score (nSPS) is 19.0. The molecule has 6 nitrogen and oxygen atoms in total. The lowest BCUT2D eigenvalue weighted by molar-refractivity contribution is -0.119. The van der Waals surface area contributed by atoms with Crippen LogP contribution in [0.25, 0.3) is 5.69 Å². The SMILES string of the molecule is Cc1cccc(-n2ccnc2SCC(=O)NC2CCS(=O)(=O)C2)c1C. The number of nitrogens with zero attached hydrogens (tertiary/aromatic N) is 2. The van der Waals surface area contributed by atoms with Crippen LogP contribution in [0.5, 0.6) is 0 Å². The molecule has 1 aliphatic rings. The number of rotatable bonds is 5. The molecule has 0 bridgehead atoms. The predicted octanol–water partition coefficient (Wildman–Crippen LogP) is 1.88. The first-order valence-corrected chi connectivity index (χ1v) is 10.9. The average Bonchev–Trinajstić information content (AvgIpc) is 3.14. The molecule has 1 atom stereocenters. The number of amides is 1. The molecule has 25 heavy (non-hydrogen) atoms. The highest BCUT2D eigenvalue weighted by atomic mass is 32.2. The van der Waals surface area contributed by atoms with Crippen LogP contribution >= 0.6 is 11.8 Å². The maximum absolute atomic E-state index is 12.1. The van der Waals surface area contributed by atoms with Crippen molar-refractivity contribution >= 4 is 27.5 Å². The fourth-order valence-corrected chi connectivity index (χ4v) is 5.34. The molecule has 0 spiro atoms. The van der Waals surface area contributed by atoms with Gasteiger partial charge in [0, 0.05) is 18.4 Å². The van der Waals surface area contributed by atoms with Crippen LogP contribution in [0.15, 0.2) is 35.7 Å². The third-order valence-corrected chi connectivity index (χ3v) is 7.11. The van der Waals surface area contributed by atoms with Crippen molar-refractivity contribution in [2.45, 2.75) is 31.5 Å². The largest absolute Gasteiger partial charge is 0.352 e. The van der Waals surface area contributed by atoms with E-state index in [2.05, 4.69) is 30.2 Å². The van der Waals surface area contributed by atoms with Crippen LogP contribution in [-0.4, -0.2) is 47.2 Å². The zero-order valence-corrected chi connectivity index (χ0v) is 15.9. The average molecular weight is 380 g/mol. The van der Waals surface area contributed by atoms with Gasteiger partial charge in [0.05, 0.1) is 22.9 Å². The molecule has 0 radical (unpaired) electrons. The van der Waals surface area contributed by atoms with Gasteiger partial charge in [-0.1, -0.05) is 23.9 Å². The minimum atomic E-state index is -2.99. The first-order chi connectivity index (χ1) is 11.9. The number of carbonyl (C=O) groups excluding carboxylic acids is 1. The highest BCUT2D eigenvalue weighted by Gasteiger charge is 2.28. The van der Waals surface area contributed by atoms with E-state index >= 15 is 0 Å². The van der Waals surface area contributed by atoms with Crippen molar-refractivity contribution in [3.8, 4) is 5.69 Å². The van der Waals surface area contributed by atoms with Gasteiger partial charge in [0.25, 0.3) is 0 Å². The molecule has 1 saturated heterocycles. The summed E-state index contributed by atoms with van der Waals surface area (Å²) in [5.41, 5.74) is 3.41. The maximum Gasteiger partial charge on any atom is 0.230 e. The number of aromatic nitrogens is 2. The molecule has 1 amide bonds. The van der Waals surface area contributed by atoms with Gasteiger partial charge >= 0.3 is 0 Å². The number of benzene rings is 1. The van der Waals surface area contributed by atoms with Gasteiger partial charge in [0.15, 0.2) is 15.0 Å². The summed E-state index contributed by atoms with van der Waals surface area (Å²) in [5, 5.41) is 3.54. The monoisotopic (exact) mass is 379 g/mol. The highest BCUT2D eigenvalue weighted by Crippen LogP contribution is 2.24. The van der Waals surface area contributed by atoms with Gasteiger partial charge in [-0.2, -0.15) is 0 Å². The van der Waals surface area contributed by atoms with Gasteiger partial charge in [0.2, 0.25) is 5.91 Å². The van der Waals surface area contributed by atoms with Gasteiger partial charge in [-0.3, -0.25) is 9.36 Å². The summed E-state index contributed by atoms with van der Waals surface area (Å²) in [6, 6.07) is 5.82. The Morgan fingerprint density at radius 2 is 2.20 bits per heavy atom. The van der Waals surface area contributed by atoms with Crippen molar-refractivity contribution in [3.05, 3.63) is 41.7 Å². The fraction of sp³-hybridized carbons (Fsp3) is 0.412. The standard InChI is InChI=1S/C17H21N3O3S2/c1-12-4-3-5-15(13(12)2)20-8-7-18-17(20)24-10-16(21)19-14-6-9-25(22,23)11-14/h3-5,7-8,14H,6,9-11H2,1-2H3,(H,19,21). The van der Waals surface area contributed by atoms with Crippen LogP contribution in [0.4, 0.5) is 0 Å². The minimum Gasteiger partial charge on any atom is -0.352 e. The third kappa shape index (κ3) is 4.24. The van der Waals surface area contributed by atoms with Crippen LogP contribution < -0.4 is 5.32 Å². The van der Waals surface area contributed by atoms with Gasteiger partial charge in [-0.25, -0.2) is 13.4 Å². The molecule has 1 aromatic carbocycles. The van der Waals surface area contributed by atoms with Crippen molar-refractivity contribution in [3.63, 3.8) is 0 Å². The van der Waals surface area contributed by atoms with E-state index in [9.17, 15) is 13.2 Å². The summed E-state index contributed by atoms with van der Waals surface area (Å²) >= 11 is 1.34. The summed E-state index contributed by atoms with van der Waals surface area (Å²) in [5.74, 6) is 0.240. The molecule has 1 aliphatic heterocycles. The number of hydrogen-bond donors (Lipinski definition) is 1.